The monoisotopic (exact) mass is 581 g/mol. The van der Waals surface area contributed by atoms with Gasteiger partial charge in [-0.2, -0.15) is 0 Å². The van der Waals surface area contributed by atoms with Gasteiger partial charge in [-0.25, -0.2) is 15.0 Å². The van der Waals surface area contributed by atoms with Gasteiger partial charge in [0.15, 0.2) is 17.5 Å². The van der Waals surface area contributed by atoms with Crippen LogP contribution in [0, 0.1) is 0 Å². The van der Waals surface area contributed by atoms with E-state index in [4.69, 9.17) is 23.8 Å². The van der Waals surface area contributed by atoms with E-state index in [1.54, 1.807) is 0 Å². The molecule has 3 aromatic heterocycles. The lowest BCUT2D eigenvalue weighted by Crippen LogP contribution is -2.00. The van der Waals surface area contributed by atoms with Gasteiger partial charge in [0.2, 0.25) is 0 Å². The van der Waals surface area contributed by atoms with Crippen LogP contribution in [0.25, 0.3) is 84.3 Å². The van der Waals surface area contributed by atoms with E-state index in [0.29, 0.717) is 23.4 Å². The predicted molar refractivity (Wildman–Crippen MR) is 181 cm³/mol. The zero-order valence-electron chi connectivity index (χ0n) is 24.6. The Hall–Kier alpha value is -5.81. The molecule has 0 unspecified atom stereocenters. The molecular weight excluding hydrogens is 554 g/mol. The van der Waals surface area contributed by atoms with Gasteiger partial charge in [0.25, 0.3) is 0 Å². The Morgan fingerprint density at radius 1 is 0.578 bits per heavy atom. The van der Waals surface area contributed by atoms with E-state index in [-0.39, 0.29) is 0 Å². The first-order valence-electron chi connectivity index (χ1n) is 15.3. The molecule has 1 aliphatic carbocycles. The highest BCUT2D eigenvalue weighted by Crippen LogP contribution is 2.41. The van der Waals surface area contributed by atoms with Crippen molar-refractivity contribution in [2.45, 2.75) is 19.3 Å². The Balaban J connectivity index is 1.24. The molecule has 0 spiro atoms. The van der Waals surface area contributed by atoms with E-state index < -0.39 is 0 Å². The van der Waals surface area contributed by atoms with Crippen molar-refractivity contribution in [1.82, 2.24) is 15.0 Å². The molecule has 1 aliphatic rings. The largest absolute Gasteiger partial charge is 0.459 e. The van der Waals surface area contributed by atoms with Crippen LogP contribution in [0.3, 0.4) is 0 Å². The molecule has 0 amide bonds. The molecule has 9 rings (SSSR count). The summed E-state index contributed by atoms with van der Waals surface area (Å²) in [5, 5.41) is 3.28. The van der Waals surface area contributed by atoms with Gasteiger partial charge < -0.3 is 8.83 Å². The van der Waals surface area contributed by atoms with Gasteiger partial charge in [0.1, 0.15) is 22.5 Å². The number of nitrogens with zero attached hydrogens (tertiary/aromatic N) is 3. The summed E-state index contributed by atoms with van der Waals surface area (Å²) < 4.78 is 12.7. The molecular formula is C40H27N3O2. The van der Waals surface area contributed by atoms with Gasteiger partial charge in [-0.1, -0.05) is 110 Å². The van der Waals surface area contributed by atoms with Crippen molar-refractivity contribution in [3.8, 4) is 45.3 Å². The summed E-state index contributed by atoms with van der Waals surface area (Å²) in [4.78, 5) is 15.1. The number of aromatic nitrogens is 3. The summed E-state index contributed by atoms with van der Waals surface area (Å²) in [5.41, 5.74) is 8.56. The maximum atomic E-state index is 6.56. The van der Waals surface area contributed by atoms with Crippen molar-refractivity contribution in [1.29, 1.82) is 0 Å². The fraction of sp³-hybridized carbons (Fsp3) is 0.0750. The number of fused-ring (bicyclic) bond motifs is 6. The quantitative estimate of drug-likeness (QED) is 0.207. The second-order valence-electron chi connectivity index (χ2n) is 11.6. The molecule has 214 valence electrons. The third-order valence-electron chi connectivity index (χ3n) is 8.75. The minimum atomic E-state index is 0.318. The molecule has 0 fully saturated rings. The maximum absolute atomic E-state index is 6.56. The minimum Gasteiger partial charge on any atom is -0.459 e. The van der Waals surface area contributed by atoms with Crippen LogP contribution in [-0.2, 0) is 0 Å². The summed E-state index contributed by atoms with van der Waals surface area (Å²) in [6.07, 6.45) is 5.37. The minimum absolute atomic E-state index is 0.318. The molecule has 0 saturated heterocycles. The predicted octanol–water partition coefficient (Wildman–Crippen LogP) is 10.7. The van der Waals surface area contributed by atoms with Crippen molar-refractivity contribution < 1.29 is 8.83 Å². The van der Waals surface area contributed by atoms with Crippen LogP contribution in [0.4, 0.5) is 0 Å². The van der Waals surface area contributed by atoms with Crippen molar-refractivity contribution in [3.63, 3.8) is 0 Å². The van der Waals surface area contributed by atoms with Crippen LogP contribution in [0.5, 0.6) is 0 Å². The Morgan fingerprint density at radius 3 is 2.16 bits per heavy atom. The molecule has 1 atom stereocenters. The number of allylic oxidation sites excluding steroid dienone is 1. The van der Waals surface area contributed by atoms with Crippen LogP contribution in [0.1, 0.15) is 30.6 Å². The van der Waals surface area contributed by atoms with E-state index >= 15 is 0 Å². The van der Waals surface area contributed by atoms with Crippen LogP contribution in [0.15, 0.2) is 130 Å². The molecule has 5 heteroatoms. The Labute approximate surface area is 259 Å². The molecule has 8 aromatic rings. The second kappa shape index (κ2) is 10.1. The fourth-order valence-electron chi connectivity index (χ4n) is 6.55. The van der Waals surface area contributed by atoms with Gasteiger partial charge >= 0.3 is 0 Å². The molecule has 0 aliphatic heterocycles. The maximum Gasteiger partial charge on any atom is 0.167 e. The lowest BCUT2D eigenvalue weighted by atomic mass is 9.94. The highest BCUT2D eigenvalue weighted by atomic mass is 16.3. The van der Waals surface area contributed by atoms with E-state index in [1.165, 1.54) is 0 Å². The number of benzene rings is 5. The van der Waals surface area contributed by atoms with Crippen molar-refractivity contribution in [2.24, 2.45) is 0 Å². The van der Waals surface area contributed by atoms with E-state index in [1.807, 2.05) is 60.7 Å². The summed E-state index contributed by atoms with van der Waals surface area (Å²) in [6.45, 7) is 2.21. The van der Waals surface area contributed by atoms with Crippen LogP contribution in [0.2, 0.25) is 0 Å². The normalized spacial score (nSPS) is 14.4. The number of hydrogen-bond donors (Lipinski definition) is 0. The Kier molecular flexibility index (Phi) is 5.78. The van der Waals surface area contributed by atoms with Gasteiger partial charge in [0, 0.05) is 38.8 Å². The van der Waals surface area contributed by atoms with E-state index in [9.17, 15) is 0 Å². The number of furan rings is 2. The number of rotatable bonds is 4. The highest BCUT2D eigenvalue weighted by Gasteiger charge is 2.24. The van der Waals surface area contributed by atoms with Crippen molar-refractivity contribution in [3.05, 3.63) is 133 Å². The third kappa shape index (κ3) is 4.20. The molecule has 0 radical (unpaired) electrons. The average molecular weight is 582 g/mol. The van der Waals surface area contributed by atoms with Crippen LogP contribution >= 0.6 is 0 Å². The summed E-state index contributed by atoms with van der Waals surface area (Å²) in [6, 6.07) is 39.1. The zero-order chi connectivity index (χ0) is 29.9. The SMILES string of the molecule is C[C@H]1CC=Cc2c1oc1c(-c3nc(-c4ccccc4)nc(-c4cccc(-c5cccc6oc7ccccc7c56)c4)n3)cccc21. The lowest BCUT2D eigenvalue weighted by molar-refractivity contribution is 0.504. The first kappa shape index (κ1) is 25.7. The summed E-state index contributed by atoms with van der Waals surface area (Å²) >= 11 is 0. The molecule has 5 nitrogen and oxygen atoms in total. The molecule has 0 N–H and O–H groups in total. The molecule has 3 heterocycles. The van der Waals surface area contributed by atoms with Crippen molar-refractivity contribution in [2.75, 3.05) is 0 Å². The van der Waals surface area contributed by atoms with Crippen molar-refractivity contribution >= 4 is 39.0 Å². The molecule has 5 aromatic carbocycles. The average Bonchev–Trinajstić information content (AvgIpc) is 3.68. The van der Waals surface area contributed by atoms with Gasteiger partial charge in [-0.05, 0) is 41.8 Å². The van der Waals surface area contributed by atoms with Crippen LogP contribution < -0.4 is 0 Å². The van der Waals surface area contributed by atoms with E-state index in [0.717, 1.165) is 78.5 Å². The Bertz CT molecular complexity index is 2430. The lowest BCUT2D eigenvalue weighted by Gasteiger charge is -2.11. The zero-order valence-corrected chi connectivity index (χ0v) is 24.6. The number of para-hydroxylation sites is 2. The van der Waals surface area contributed by atoms with E-state index in [2.05, 4.69) is 73.7 Å². The topological polar surface area (TPSA) is 65.0 Å². The van der Waals surface area contributed by atoms with Crippen LogP contribution in [-0.4, -0.2) is 15.0 Å². The molecule has 0 saturated carbocycles. The van der Waals surface area contributed by atoms with Gasteiger partial charge in [0.05, 0.1) is 5.56 Å². The second-order valence-corrected chi connectivity index (χ2v) is 11.6. The third-order valence-corrected chi connectivity index (χ3v) is 8.75. The summed E-state index contributed by atoms with van der Waals surface area (Å²) in [5.74, 6) is 3.14. The first-order chi connectivity index (χ1) is 22.2. The van der Waals surface area contributed by atoms with Gasteiger partial charge in [-0.15, -0.1) is 0 Å². The number of hydrogen-bond acceptors (Lipinski definition) is 5. The Morgan fingerprint density at radius 2 is 1.24 bits per heavy atom. The van der Waals surface area contributed by atoms with Gasteiger partial charge in [-0.3, -0.25) is 0 Å². The first-order valence-corrected chi connectivity index (χ1v) is 15.3. The fourth-order valence-corrected chi connectivity index (χ4v) is 6.55. The summed E-state index contributed by atoms with van der Waals surface area (Å²) in [7, 11) is 0. The molecule has 45 heavy (non-hydrogen) atoms. The molecule has 0 bridgehead atoms. The smallest absolute Gasteiger partial charge is 0.167 e. The standard InChI is InChI=1S/C40H27N3O2/c1-24-11-7-18-29-30-19-9-20-32(37(30)45-36(24)29)40-42-38(25-12-3-2-4-13-25)41-39(43-40)27-15-8-14-26(23-27)28-17-10-22-34-35(28)31-16-5-6-21-33(31)44-34/h2-10,12-24H,11H2,1H3/t24-/m0/s1. The highest BCUT2D eigenvalue weighted by molar-refractivity contribution is 6.12.